The van der Waals surface area contributed by atoms with Gasteiger partial charge in [0.15, 0.2) is 0 Å². The van der Waals surface area contributed by atoms with Crippen molar-refractivity contribution in [1.29, 1.82) is 0 Å². The van der Waals surface area contributed by atoms with Crippen LogP contribution in [0.3, 0.4) is 0 Å². The van der Waals surface area contributed by atoms with E-state index in [2.05, 4.69) is 0 Å². The molecule has 1 atom stereocenters. The molecule has 0 spiro atoms. The maximum Gasteiger partial charge on any atom is 1.00 e. The number of rotatable bonds is 0. The van der Waals surface area contributed by atoms with E-state index in [1.165, 1.54) is 0 Å². The van der Waals surface area contributed by atoms with E-state index in [4.69, 9.17) is 26.6 Å². The molecule has 0 saturated carbocycles. The molecule has 0 saturated heterocycles. The van der Waals surface area contributed by atoms with Gasteiger partial charge in [-0.3, -0.25) is 4.21 Å². The SMILES string of the molecule is O=S([O-])O.O=S([O-])[O-].[NH4+].[Na+].[Na+]. The zero-order valence-corrected chi connectivity index (χ0v) is 11.9. The molecular weight excluding hydrogens is 220 g/mol. The summed E-state index contributed by atoms with van der Waals surface area (Å²) in [5.74, 6) is 0. The van der Waals surface area contributed by atoms with Crippen LogP contribution in [0.5, 0.6) is 0 Å². The molecule has 11 heteroatoms. The van der Waals surface area contributed by atoms with Gasteiger partial charge in [0.05, 0.1) is 11.4 Å². The second kappa shape index (κ2) is 22.7. The van der Waals surface area contributed by atoms with Crippen LogP contribution >= 0.6 is 0 Å². The van der Waals surface area contributed by atoms with E-state index < -0.39 is 22.7 Å². The molecule has 0 radical (unpaired) electrons. The first kappa shape index (κ1) is 29.2. The molecule has 7 nitrogen and oxygen atoms in total. The third-order valence-electron chi connectivity index (χ3n) is 0. The Morgan fingerprint density at radius 2 is 1.00 bits per heavy atom. The minimum Gasteiger partial charge on any atom is -0.784 e. The Bertz CT molecular complexity index is 76.6. The Hall–Kier alpha value is 2.10. The molecule has 60 valence electrons. The van der Waals surface area contributed by atoms with Crippen LogP contribution in [-0.4, -0.2) is 26.6 Å². The zero-order chi connectivity index (χ0) is 7.15. The van der Waals surface area contributed by atoms with Crippen LogP contribution in [0.1, 0.15) is 0 Å². The molecule has 0 aromatic heterocycles. The van der Waals surface area contributed by atoms with E-state index in [1.54, 1.807) is 0 Å². The van der Waals surface area contributed by atoms with Crippen LogP contribution < -0.4 is 65.3 Å². The van der Waals surface area contributed by atoms with Crippen LogP contribution in [0.4, 0.5) is 0 Å². The average Bonchev–Trinajstić information content (AvgIpc) is 1.25. The van der Waals surface area contributed by atoms with Crippen LogP contribution in [0.25, 0.3) is 0 Å². The van der Waals surface area contributed by atoms with Crippen molar-refractivity contribution in [2.45, 2.75) is 0 Å². The molecule has 0 amide bonds. The van der Waals surface area contributed by atoms with Crippen molar-refractivity contribution in [3.05, 3.63) is 0 Å². The summed E-state index contributed by atoms with van der Waals surface area (Å²) in [5.41, 5.74) is 0. The maximum atomic E-state index is 8.56. The van der Waals surface area contributed by atoms with E-state index in [0.717, 1.165) is 0 Å². The summed E-state index contributed by atoms with van der Waals surface area (Å²) in [6, 6.07) is 0. The molecule has 0 aromatic carbocycles. The van der Waals surface area contributed by atoms with Gasteiger partial charge in [0.2, 0.25) is 0 Å². The molecule has 0 aliphatic rings. The molecule has 5 N–H and O–H groups in total. The summed E-state index contributed by atoms with van der Waals surface area (Å²) in [5, 5.41) is 0. The fourth-order valence-corrected chi connectivity index (χ4v) is 0. The van der Waals surface area contributed by atoms with Gasteiger partial charge in [-0.25, -0.2) is 4.21 Å². The molecule has 0 aliphatic carbocycles. The fourth-order valence-electron chi connectivity index (χ4n) is 0. The Balaban J connectivity index is -0.0000000171. The Kier molecular flexibility index (Phi) is 60.4. The molecular formula is H5NNa2O6S2. The summed E-state index contributed by atoms with van der Waals surface area (Å²) in [4.78, 5) is 0. The summed E-state index contributed by atoms with van der Waals surface area (Å²) in [7, 11) is 0. The molecule has 0 aliphatic heterocycles. The van der Waals surface area contributed by atoms with Crippen molar-refractivity contribution in [1.82, 2.24) is 6.15 Å². The Labute approximate surface area is 113 Å². The van der Waals surface area contributed by atoms with Gasteiger partial charge in [0.1, 0.15) is 0 Å². The van der Waals surface area contributed by atoms with Crippen LogP contribution in [0.15, 0.2) is 0 Å². The second-order valence-corrected chi connectivity index (χ2v) is 1.26. The first-order valence-electron chi connectivity index (χ1n) is 1.02. The summed E-state index contributed by atoms with van der Waals surface area (Å²) in [6.45, 7) is 0. The van der Waals surface area contributed by atoms with Crippen molar-refractivity contribution >= 4 is 22.7 Å². The molecule has 0 bridgehead atoms. The fraction of sp³-hybridized carbons (Fsp3) is 0. The van der Waals surface area contributed by atoms with Crippen LogP contribution in [0, 0.1) is 0 Å². The number of quaternary nitrogens is 1. The van der Waals surface area contributed by atoms with Crippen molar-refractivity contribution < 1.29 is 85.7 Å². The van der Waals surface area contributed by atoms with Crippen LogP contribution in [-0.2, 0) is 22.7 Å². The maximum absolute atomic E-state index is 8.56. The second-order valence-electron chi connectivity index (χ2n) is 0.421. The van der Waals surface area contributed by atoms with Gasteiger partial charge in [0.25, 0.3) is 0 Å². The predicted octanol–water partition coefficient (Wildman–Crippen LogP) is -7.28. The van der Waals surface area contributed by atoms with Gasteiger partial charge in [0, 0.05) is 0 Å². The van der Waals surface area contributed by atoms with Crippen molar-refractivity contribution in [2.24, 2.45) is 0 Å². The molecule has 0 aromatic rings. The normalized spacial score (nSPS) is 8.82. The Morgan fingerprint density at radius 3 is 1.00 bits per heavy atom. The summed E-state index contributed by atoms with van der Waals surface area (Å²) < 4.78 is 49.4. The first-order valence-corrected chi connectivity index (χ1v) is 3.05. The monoisotopic (exact) mass is 225 g/mol. The Morgan fingerprint density at radius 1 is 1.00 bits per heavy atom. The standard InChI is InChI=1S/H3N.2Na.2H2O3S/c;;;2*1-4(2)3/h1H3;;;2*(H2,1,2,3)/q;2*+1;;/p-2. The minimum absolute atomic E-state index is 0. The van der Waals surface area contributed by atoms with Crippen molar-refractivity contribution in [3.8, 4) is 0 Å². The van der Waals surface area contributed by atoms with E-state index >= 15 is 0 Å². The van der Waals surface area contributed by atoms with Gasteiger partial charge < -0.3 is 24.4 Å². The quantitative estimate of drug-likeness (QED) is 0.307. The van der Waals surface area contributed by atoms with Gasteiger partial charge >= 0.3 is 59.1 Å². The third-order valence-corrected chi connectivity index (χ3v) is 0. The van der Waals surface area contributed by atoms with Crippen molar-refractivity contribution in [2.75, 3.05) is 0 Å². The predicted molar refractivity (Wildman–Crippen MR) is 27.2 cm³/mol. The number of hydrogen-bond acceptors (Lipinski definition) is 5. The van der Waals surface area contributed by atoms with E-state index in [-0.39, 0.29) is 65.3 Å². The van der Waals surface area contributed by atoms with Gasteiger partial charge in [-0.2, -0.15) is 0 Å². The minimum atomic E-state index is -3.11. The molecule has 0 rings (SSSR count). The molecule has 0 heterocycles. The average molecular weight is 225 g/mol. The van der Waals surface area contributed by atoms with Crippen molar-refractivity contribution in [3.63, 3.8) is 0 Å². The van der Waals surface area contributed by atoms with Gasteiger partial charge in [-0.05, 0) is 0 Å². The molecule has 1 unspecified atom stereocenters. The zero-order valence-electron chi connectivity index (χ0n) is 6.30. The topological polar surface area (TPSA) is 160 Å². The van der Waals surface area contributed by atoms with E-state index in [9.17, 15) is 0 Å². The largest absolute Gasteiger partial charge is 1.00 e. The summed E-state index contributed by atoms with van der Waals surface area (Å²) >= 11 is -5.97. The molecule has 0 fully saturated rings. The van der Waals surface area contributed by atoms with Gasteiger partial charge in [-0.15, -0.1) is 11.4 Å². The van der Waals surface area contributed by atoms with E-state index in [1.807, 2.05) is 0 Å². The summed E-state index contributed by atoms with van der Waals surface area (Å²) in [6.07, 6.45) is 0. The van der Waals surface area contributed by atoms with E-state index in [0.29, 0.717) is 0 Å². The number of hydrogen-bond donors (Lipinski definition) is 2. The first-order chi connectivity index (χ1) is 3.46. The molecule has 11 heavy (non-hydrogen) atoms. The van der Waals surface area contributed by atoms with Gasteiger partial charge in [-0.1, -0.05) is 0 Å². The van der Waals surface area contributed by atoms with Crippen LogP contribution in [0.2, 0.25) is 0 Å². The third kappa shape index (κ3) is 280. The smallest absolute Gasteiger partial charge is 0.784 e.